The molecular weight excluding hydrogens is 635 g/mol. The van der Waals surface area contributed by atoms with Gasteiger partial charge < -0.3 is 10.2 Å². The van der Waals surface area contributed by atoms with Crippen molar-refractivity contribution in [2.75, 3.05) is 0 Å². The molecule has 222 valence electrons. The molecule has 6 rings (SSSR count). The predicted octanol–water partition coefficient (Wildman–Crippen LogP) is 7.51. The summed E-state index contributed by atoms with van der Waals surface area (Å²) in [6, 6.07) is 34.1. The van der Waals surface area contributed by atoms with Gasteiger partial charge in [0, 0.05) is 32.9 Å². The molecule has 0 saturated heterocycles. The van der Waals surface area contributed by atoms with E-state index in [9.17, 15) is 10.2 Å². The minimum atomic E-state index is -1.48. The third-order valence-corrected chi connectivity index (χ3v) is 9.50. The summed E-state index contributed by atoms with van der Waals surface area (Å²) in [5, 5.41) is 43.1. The Kier molecular flexibility index (Phi) is 9.66. The Morgan fingerprint density at radius 1 is 0.523 bits per heavy atom. The van der Waals surface area contributed by atoms with Gasteiger partial charge in [-0.25, -0.2) is 0 Å². The van der Waals surface area contributed by atoms with E-state index < -0.39 is 12.2 Å². The van der Waals surface area contributed by atoms with E-state index in [1.807, 2.05) is 109 Å². The molecule has 8 nitrogen and oxygen atoms in total. The van der Waals surface area contributed by atoms with Crippen molar-refractivity contribution < 1.29 is 10.2 Å². The Labute approximate surface area is 272 Å². The van der Waals surface area contributed by atoms with Crippen LogP contribution >= 0.6 is 46.7 Å². The molecule has 0 aliphatic carbocycles. The zero-order valence-electron chi connectivity index (χ0n) is 23.1. The lowest BCUT2D eigenvalue weighted by Crippen LogP contribution is -2.19. The molecule has 2 N–H and O–H groups in total. The van der Waals surface area contributed by atoms with E-state index in [2.05, 4.69) is 20.4 Å². The standard InChI is InChI=1S/C32H26Cl2N6O2S2/c33-25-17-9-7-11-21(25)19-43-31-37-35-29(39(31)23-13-3-1-4-14-23)27(41)28(42)30-36-38-32(40(30)24-15-5-2-6-16-24)44-20-22-12-8-10-18-26(22)34/h1-18,27-28,41-42H,19-20H2/t27-,28-/m1/s1. The van der Waals surface area contributed by atoms with Crippen LogP contribution in [0.3, 0.4) is 0 Å². The molecule has 0 amide bonds. The molecular formula is C32H26Cl2N6O2S2. The second-order valence-electron chi connectivity index (χ2n) is 9.67. The highest BCUT2D eigenvalue weighted by molar-refractivity contribution is 7.98. The maximum absolute atomic E-state index is 11.6. The SMILES string of the molecule is O[C@@H](c1nnc(SCc2ccccc2Cl)n1-c1ccccc1)[C@@H](O)c1nnc(SCc2ccccc2Cl)n1-c1ccccc1. The van der Waals surface area contributed by atoms with Gasteiger partial charge in [0.15, 0.2) is 22.0 Å². The molecule has 0 radical (unpaired) electrons. The Bertz CT molecular complexity index is 1720. The first-order chi connectivity index (χ1) is 21.5. The van der Waals surface area contributed by atoms with Gasteiger partial charge in [0.25, 0.3) is 0 Å². The number of hydrogen-bond donors (Lipinski definition) is 2. The summed E-state index contributed by atoms with van der Waals surface area (Å²) in [5.74, 6) is 1.41. The average Bonchev–Trinajstić information content (AvgIpc) is 3.69. The van der Waals surface area contributed by atoms with Gasteiger partial charge in [-0.3, -0.25) is 9.13 Å². The summed E-state index contributed by atoms with van der Waals surface area (Å²) in [7, 11) is 0. The first-order valence-corrected chi connectivity index (χ1v) is 16.3. The molecule has 2 aromatic heterocycles. The molecule has 0 aliphatic rings. The van der Waals surface area contributed by atoms with Gasteiger partial charge in [0.05, 0.1) is 0 Å². The number of hydrogen-bond acceptors (Lipinski definition) is 8. The fourth-order valence-corrected chi connectivity index (χ4v) is 7.06. The van der Waals surface area contributed by atoms with Gasteiger partial charge in [0.2, 0.25) is 0 Å². The highest BCUT2D eigenvalue weighted by atomic mass is 35.5. The van der Waals surface area contributed by atoms with E-state index in [4.69, 9.17) is 23.2 Å². The number of rotatable bonds is 11. The molecule has 0 aliphatic heterocycles. The minimum Gasteiger partial charge on any atom is -0.382 e. The van der Waals surface area contributed by atoms with Gasteiger partial charge in [0.1, 0.15) is 12.2 Å². The molecule has 6 aromatic rings. The monoisotopic (exact) mass is 660 g/mol. The molecule has 44 heavy (non-hydrogen) atoms. The van der Waals surface area contributed by atoms with Crippen LogP contribution in [-0.2, 0) is 11.5 Å². The second kappa shape index (κ2) is 14.0. The van der Waals surface area contributed by atoms with E-state index >= 15 is 0 Å². The van der Waals surface area contributed by atoms with Crippen LogP contribution in [0.25, 0.3) is 11.4 Å². The van der Waals surface area contributed by atoms with E-state index in [0.29, 0.717) is 31.9 Å². The van der Waals surface area contributed by atoms with Crippen LogP contribution in [0.2, 0.25) is 10.0 Å². The fourth-order valence-electron chi connectivity index (χ4n) is 4.57. The quantitative estimate of drug-likeness (QED) is 0.138. The number of benzene rings is 4. The number of halogens is 2. The lowest BCUT2D eigenvalue weighted by molar-refractivity contribution is 0.00399. The Hall–Kier alpha value is -3.64. The number of aliphatic hydroxyl groups excluding tert-OH is 2. The van der Waals surface area contributed by atoms with Gasteiger partial charge >= 0.3 is 0 Å². The van der Waals surface area contributed by atoms with Gasteiger partial charge in [-0.05, 0) is 47.5 Å². The third kappa shape index (κ3) is 6.56. The lowest BCUT2D eigenvalue weighted by Gasteiger charge is -2.20. The van der Waals surface area contributed by atoms with Crippen LogP contribution in [0.15, 0.2) is 120 Å². The molecule has 2 atom stereocenters. The fraction of sp³-hybridized carbons (Fsp3) is 0.125. The van der Waals surface area contributed by atoms with Crippen LogP contribution < -0.4 is 0 Å². The number of aromatic nitrogens is 6. The average molecular weight is 662 g/mol. The first-order valence-electron chi connectivity index (χ1n) is 13.6. The predicted molar refractivity (Wildman–Crippen MR) is 175 cm³/mol. The van der Waals surface area contributed by atoms with Crippen molar-refractivity contribution >= 4 is 46.7 Å². The Morgan fingerprint density at radius 3 is 1.27 bits per heavy atom. The van der Waals surface area contributed by atoms with Crippen LogP contribution in [0.5, 0.6) is 0 Å². The molecule has 4 aromatic carbocycles. The number of thioether (sulfide) groups is 2. The van der Waals surface area contributed by atoms with Crippen molar-refractivity contribution in [3.05, 3.63) is 142 Å². The van der Waals surface area contributed by atoms with E-state index in [1.54, 1.807) is 9.13 Å². The smallest absolute Gasteiger partial charge is 0.196 e. The van der Waals surface area contributed by atoms with E-state index in [0.717, 1.165) is 22.5 Å². The molecule has 2 heterocycles. The summed E-state index contributed by atoms with van der Waals surface area (Å²) in [5.41, 5.74) is 3.37. The van der Waals surface area contributed by atoms with Gasteiger partial charge in [-0.15, -0.1) is 20.4 Å². The Morgan fingerprint density at radius 2 is 0.886 bits per heavy atom. The maximum Gasteiger partial charge on any atom is 0.196 e. The van der Waals surface area contributed by atoms with Crippen LogP contribution in [0, 0.1) is 0 Å². The van der Waals surface area contributed by atoms with Crippen molar-refractivity contribution in [3.8, 4) is 11.4 Å². The highest BCUT2D eigenvalue weighted by Gasteiger charge is 2.33. The zero-order chi connectivity index (χ0) is 30.5. The molecule has 12 heteroatoms. The summed E-state index contributed by atoms with van der Waals surface area (Å²) >= 11 is 15.6. The number of nitrogens with zero attached hydrogens (tertiary/aromatic N) is 6. The zero-order valence-corrected chi connectivity index (χ0v) is 26.3. The number of aliphatic hydroxyl groups is 2. The Balaban J connectivity index is 1.34. The maximum atomic E-state index is 11.6. The number of para-hydroxylation sites is 2. The summed E-state index contributed by atoms with van der Waals surface area (Å²) in [4.78, 5) is 0. The first kappa shape index (κ1) is 30.4. The van der Waals surface area contributed by atoms with Crippen molar-refractivity contribution in [1.82, 2.24) is 29.5 Å². The largest absolute Gasteiger partial charge is 0.382 e. The van der Waals surface area contributed by atoms with Crippen LogP contribution in [0.4, 0.5) is 0 Å². The van der Waals surface area contributed by atoms with Crippen molar-refractivity contribution in [2.45, 2.75) is 34.0 Å². The van der Waals surface area contributed by atoms with Crippen molar-refractivity contribution in [1.29, 1.82) is 0 Å². The van der Waals surface area contributed by atoms with Crippen LogP contribution in [-0.4, -0.2) is 39.7 Å². The lowest BCUT2D eigenvalue weighted by atomic mass is 10.1. The summed E-state index contributed by atoms with van der Waals surface area (Å²) in [6.07, 6.45) is -2.96. The molecule has 0 bridgehead atoms. The summed E-state index contributed by atoms with van der Waals surface area (Å²) < 4.78 is 3.48. The summed E-state index contributed by atoms with van der Waals surface area (Å²) in [6.45, 7) is 0. The normalized spacial score (nSPS) is 12.7. The van der Waals surface area contributed by atoms with E-state index in [-0.39, 0.29) is 11.6 Å². The third-order valence-electron chi connectivity index (χ3n) is 6.80. The second-order valence-corrected chi connectivity index (χ2v) is 12.4. The van der Waals surface area contributed by atoms with Gasteiger partial charge in [-0.2, -0.15) is 0 Å². The topological polar surface area (TPSA) is 102 Å². The van der Waals surface area contributed by atoms with Crippen LogP contribution in [0.1, 0.15) is 35.0 Å². The van der Waals surface area contributed by atoms with Crippen molar-refractivity contribution in [2.24, 2.45) is 0 Å². The molecule has 0 saturated carbocycles. The molecule has 0 unspecified atom stereocenters. The van der Waals surface area contributed by atoms with Gasteiger partial charge in [-0.1, -0.05) is 120 Å². The van der Waals surface area contributed by atoms with E-state index in [1.165, 1.54) is 23.5 Å². The molecule has 0 fully saturated rings. The van der Waals surface area contributed by atoms with Crippen molar-refractivity contribution in [3.63, 3.8) is 0 Å². The highest BCUT2D eigenvalue weighted by Crippen LogP contribution is 2.36. The minimum absolute atomic E-state index is 0.165. The molecule has 0 spiro atoms.